The van der Waals surface area contributed by atoms with E-state index in [2.05, 4.69) is 17.0 Å². The summed E-state index contributed by atoms with van der Waals surface area (Å²) < 4.78 is 0. The molecule has 0 saturated carbocycles. The summed E-state index contributed by atoms with van der Waals surface area (Å²) in [6.45, 7) is 1.43. The van der Waals surface area contributed by atoms with Crippen LogP contribution in [0.4, 0.5) is 11.4 Å². The molecule has 0 spiro atoms. The van der Waals surface area contributed by atoms with E-state index in [4.69, 9.17) is 5.73 Å². The molecule has 20 heavy (non-hydrogen) atoms. The number of nitro benzene ring substituents is 1. The van der Waals surface area contributed by atoms with Crippen molar-refractivity contribution >= 4 is 11.4 Å². The molecule has 0 aliphatic heterocycles. The number of hydrogen-bond acceptors (Lipinski definition) is 4. The molecule has 5 nitrogen and oxygen atoms in total. The molecular weight excluding hydrogens is 254 g/mol. The second kappa shape index (κ2) is 6.16. The highest BCUT2D eigenvalue weighted by Gasteiger charge is 2.12. The van der Waals surface area contributed by atoms with Gasteiger partial charge in [-0.1, -0.05) is 36.4 Å². The second-order valence-electron chi connectivity index (χ2n) is 4.81. The lowest BCUT2D eigenvalue weighted by Gasteiger charge is -2.16. The first-order valence-corrected chi connectivity index (χ1v) is 6.31. The minimum absolute atomic E-state index is 0.0318. The van der Waals surface area contributed by atoms with Crippen LogP contribution in [0, 0.1) is 10.1 Å². The summed E-state index contributed by atoms with van der Waals surface area (Å²) in [4.78, 5) is 12.5. The maximum Gasteiger partial charge on any atom is 0.292 e. The smallest absolute Gasteiger partial charge is 0.292 e. The van der Waals surface area contributed by atoms with E-state index in [-0.39, 0.29) is 11.4 Å². The zero-order valence-corrected chi connectivity index (χ0v) is 11.3. The molecule has 2 N–H and O–H groups in total. The number of rotatable bonds is 5. The second-order valence-corrected chi connectivity index (χ2v) is 4.81. The fraction of sp³-hybridized carbons (Fsp3) is 0.200. The minimum Gasteiger partial charge on any atom is -0.393 e. The Labute approximate surface area is 117 Å². The third-order valence-corrected chi connectivity index (χ3v) is 3.04. The fourth-order valence-electron chi connectivity index (χ4n) is 2.11. The Balaban J connectivity index is 2.06. The van der Waals surface area contributed by atoms with Gasteiger partial charge in [-0.3, -0.25) is 15.0 Å². The van der Waals surface area contributed by atoms with Crippen LogP contribution in [0.15, 0.2) is 48.5 Å². The molecule has 2 rings (SSSR count). The molecule has 2 aromatic carbocycles. The predicted molar refractivity (Wildman–Crippen MR) is 79.1 cm³/mol. The first kappa shape index (κ1) is 14.0. The number of benzene rings is 2. The highest BCUT2D eigenvalue weighted by Crippen LogP contribution is 2.23. The van der Waals surface area contributed by atoms with Gasteiger partial charge in [0.2, 0.25) is 0 Å². The van der Waals surface area contributed by atoms with Gasteiger partial charge in [0.1, 0.15) is 5.69 Å². The molecule has 0 fully saturated rings. The summed E-state index contributed by atoms with van der Waals surface area (Å²) in [7, 11) is 1.98. The number of nitrogens with two attached hydrogens (primary N) is 1. The Morgan fingerprint density at radius 2 is 1.75 bits per heavy atom. The molecule has 0 aromatic heterocycles. The average Bonchev–Trinajstić information content (AvgIpc) is 2.41. The van der Waals surface area contributed by atoms with Crippen molar-refractivity contribution in [3.05, 3.63) is 69.8 Å². The summed E-state index contributed by atoms with van der Waals surface area (Å²) in [6, 6.07) is 15.0. The average molecular weight is 271 g/mol. The van der Waals surface area contributed by atoms with Crippen LogP contribution in [0.5, 0.6) is 0 Å². The topological polar surface area (TPSA) is 72.4 Å². The number of hydrogen-bond donors (Lipinski definition) is 1. The highest BCUT2D eigenvalue weighted by molar-refractivity contribution is 5.59. The van der Waals surface area contributed by atoms with Crippen molar-refractivity contribution in [2.45, 2.75) is 13.1 Å². The van der Waals surface area contributed by atoms with Crippen molar-refractivity contribution in [2.24, 2.45) is 0 Å². The van der Waals surface area contributed by atoms with E-state index in [1.54, 1.807) is 6.07 Å². The van der Waals surface area contributed by atoms with Gasteiger partial charge in [-0.25, -0.2) is 0 Å². The summed E-state index contributed by atoms with van der Waals surface area (Å²) in [5.74, 6) is 0. The third kappa shape index (κ3) is 3.55. The molecular formula is C15H17N3O2. The molecule has 0 unspecified atom stereocenters. The third-order valence-electron chi connectivity index (χ3n) is 3.04. The first-order chi connectivity index (χ1) is 9.56. The zero-order valence-electron chi connectivity index (χ0n) is 11.3. The van der Waals surface area contributed by atoms with E-state index in [1.807, 2.05) is 31.3 Å². The summed E-state index contributed by atoms with van der Waals surface area (Å²) >= 11 is 0. The van der Waals surface area contributed by atoms with Crippen LogP contribution in [0.1, 0.15) is 11.1 Å². The molecule has 0 saturated heterocycles. The summed E-state index contributed by atoms with van der Waals surface area (Å²) in [6.07, 6.45) is 0. The van der Waals surface area contributed by atoms with Crippen molar-refractivity contribution in [1.82, 2.24) is 4.90 Å². The fourth-order valence-corrected chi connectivity index (χ4v) is 2.11. The van der Waals surface area contributed by atoms with Gasteiger partial charge in [0.25, 0.3) is 5.69 Å². The number of anilines is 1. The molecule has 104 valence electrons. The van der Waals surface area contributed by atoms with E-state index < -0.39 is 4.92 Å². The van der Waals surface area contributed by atoms with E-state index in [1.165, 1.54) is 11.6 Å². The Morgan fingerprint density at radius 3 is 2.40 bits per heavy atom. The molecule has 0 amide bonds. The van der Waals surface area contributed by atoms with Crippen LogP contribution in [-0.2, 0) is 13.1 Å². The lowest BCUT2D eigenvalue weighted by molar-refractivity contribution is -0.384. The lowest BCUT2D eigenvalue weighted by Crippen LogP contribution is -2.17. The van der Waals surface area contributed by atoms with Crippen molar-refractivity contribution in [3.8, 4) is 0 Å². The van der Waals surface area contributed by atoms with Crippen LogP contribution in [0.2, 0.25) is 0 Å². The van der Waals surface area contributed by atoms with Crippen molar-refractivity contribution in [3.63, 3.8) is 0 Å². The maximum absolute atomic E-state index is 10.9. The summed E-state index contributed by atoms with van der Waals surface area (Å²) in [5, 5.41) is 10.9. The van der Waals surface area contributed by atoms with E-state index in [9.17, 15) is 10.1 Å². The largest absolute Gasteiger partial charge is 0.393 e. The molecule has 5 heteroatoms. The normalized spacial score (nSPS) is 10.7. The van der Waals surface area contributed by atoms with E-state index in [0.717, 1.165) is 12.1 Å². The quantitative estimate of drug-likeness (QED) is 0.515. The van der Waals surface area contributed by atoms with Crippen LogP contribution < -0.4 is 5.73 Å². The van der Waals surface area contributed by atoms with E-state index in [0.29, 0.717) is 6.54 Å². The van der Waals surface area contributed by atoms with Gasteiger partial charge in [0.05, 0.1) is 4.92 Å². The number of nitro groups is 1. The molecule has 0 aliphatic carbocycles. The van der Waals surface area contributed by atoms with Gasteiger partial charge in [0.15, 0.2) is 0 Å². The standard InChI is InChI=1S/C15H17N3O2/c1-17(10-12-5-3-2-4-6-12)11-13-7-8-14(16)15(9-13)18(19)20/h2-9H,10-11,16H2,1H3. The Bertz CT molecular complexity index is 599. The van der Waals surface area contributed by atoms with Gasteiger partial charge in [0, 0.05) is 19.2 Å². The highest BCUT2D eigenvalue weighted by atomic mass is 16.6. The predicted octanol–water partition coefficient (Wildman–Crippen LogP) is 2.81. The van der Waals surface area contributed by atoms with Crippen molar-refractivity contribution in [1.29, 1.82) is 0 Å². The van der Waals surface area contributed by atoms with Crippen molar-refractivity contribution < 1.29 is 4.92 Å². The lowest BCUT2D eigenvalue weighted by atomic mass is 10.1. The molecule has 0 atom stereocenters. The summed E-state index contributed by atoms with van der Waals surface area (Å²) in [5.41, 5.74) is 7.84. The van der Waals surface area contributed by atoms with Gasteiger partial charge in [-0.15, -0.1) is 0 Å². The monoisotopic (exact) mass is 271 g/mol. The number of nitrogen functional groups attached to an aromatic ring is 1. The molecule has 0 radical (unpaired) electrons. The van der Waals surface area contributed by atoms with Gasteiger partial charge in [-0.2, -0.15) is 0 Å². The minimum atomic E-state index is -0.448. The SMILES string of the molecule is CN(Cc1ccccc1)Cc1ccc(N)c([N+](=O)[O-])c1. The molecule has 0 aliphatic rings. The first-order valence-electron chi connectivity index (χ1n) is 6.31. The molecule has 0 bridgehead atoms. The Hall–Kier alpha value is -2.40. The molecule has 0 heterocycles. The number of nitrogens with zero attached hydrogens (tertiary/aromatic N) is 2. The van der Waals surface area contributed by atoms with Crippen LogP contribution in [0.3, 0.4) is 0 Å². The van der Waals surface area contributed by atoms with Crippen LogP contribution >= 0.6 is 0 Å². The zero-order chi connectivity index (χ0) is 14.5. The van der Waals surface area contributed by atoms with E-state index >= 15 is 0 Å². The van der Waals surface area contributed by atoms with Crippen LogP contribution in [0.25, 0.3) is 0 Å². The van der Waals surface area contributed by atoms with Crippen molar-refractivity contribution in [2.75, 3.05) is 12.8 Å². The molecule has 2 aromatic rings. The maximum atomic E-state index is 10.9. The van der Waals surface area contributed by atoms with Gasteiger partial charge >= 0.3 is 0 Å². The Kier molecular flexibility index (Phi) is 4.32. The van der Waals surface area contributed by atoms with Gasteiger partial charge in [-0.05, 0) is 24.2 Å². The Morgan fingerprint density at radius 1 is 1.10 bits per heavy atom. The van der Waals surface area contributed by atoms with Crippen LogP contribution in [-0.4, -0.2) is 16.9 Å². The van der Waals surface area contributed by atoms with Gasteiger partial charge < -0.3 is 5.73 Å².